The average molecular weight is 233 g/mol. The number of carbonyl (C=O) groups is 2. The van der Waals surface area contributed by atoms with Crippen molar-refractivity contribution in [3.63, 3.8) is 0 Å². The Morgan fingerprint density at radius 2 is 1.94 bits per heavy atom. The third-order valence-corrected chi connectivity index (χ3v) is 1.68. The zero-order valence-corrected chi connectivity index (χ0v) is 9.78. The molecule has 0 aromatic heterocycles. The first-order chi connectivity index (χ1) is 7.70. The van der Waals surface area contributed by atoms with Crippen molar-refractivity contribution in [1.82, 2.24) is 5.32 Å². The van der Waals surface area contributed by atoms with Gasteiger partial charge in [0.15, 0.2) is 0 Å². The quantitative estimate of drug-likeness (QED) is 0.436. The molecule has 6 nitrogen and oxygen atoms in total. The minimum absolute atomic E-state index is 0.0352. The van der Waals surface area contributed by atoms with Crippen molar-refractivity contribution in [1.29, 1.82) is 0 Å². The van der Waals surface area contributed by atoms with Gasteiger partial charge in [0.2, 0.25) is 0 Å². The highest BCUT2D eigenvalue weighted by atomic mass is 16.6. The highest BCUT2D eigenvalue weighted by Crippen LogP contribution is 1.82. The van der Waals surface area contributed by atoms with Gasteiger partial charge in [-0.25, -0.2) is 4.79 Å². The minimum Gasteiger partial charge on any atom is -0.469 e. The Hall–Kier alpha value is -1.14. The van der Waals surface area contributed by atoms with Crippen LogP contribution in [0, 0.1) is 0 Å². The summed E-state index contributed by atoms with van der Waals surface area (Å²) in [6.45, 7) is 3.59. The summed E-state index contributed by atoms with van der Waals surface area (Å²) in [7, 11) is 1.35. The molecule has 0 amide bonds. The SMILES string of the molecule is CCOC(=O)COCCNCCC(=O)OC. The normalized spacial score (nSPS) is 9.88. The first-order valence-electron chi connectivity index (χ1n) is 5.21. The van der Waals surface area contributed by atoms with Gasteiger partial charge in [0, 0.05) is 13.1 Å². The van der Waals surface area contributed by atoms with Gasteiger partial charge in [0.25, 0.3) is 0 Å². The number of esters is 2. The van der Waals surface area contributed by atoms with Gasteiger partial charge in [-0.3, -0.25) is 4.79 Å². The van der Waals surface area contributed by atoms with E-state index in [0.29, 0.717) is 32.7 Å². The fourth-order valence-electron chi connectivity index (χ4n) is 0.920. The molecule has 0 heterocycles. The molecule has 0 spiro atoms. The zero-order chi connectivity index (χ0) is 12.2. The molecule has 0 saturated carbocycles. The third-order valence-electron chi connectivity index (χ3n) is 1.68. The Labute approximate surface area is 95.2 Å². The second-order valence-electron chi connectivity index (χ2n) is 2.93. The highest BCUT2D eigenvalue weighted by molar-refractivity contribution is 5.70. The maximum absolute atomic E-state index is 10.8. The molecule has 0 aliphatic heterocycles. The van der Waals surface area contributed by atoms with Crippen LogP contribution in [0.3, 0.4) is 0 Å². The van der Waals surface area contributed by atoms with Gasteiger partial charge in [-0.15, -0.1) is 0 Å². The van der Waals surface area contributed by atoms with Crippen LogP contribution in [0.25, 0.3) is 0 Å². The van der Waals surface area contributed by atoms with Crippen molar-refractivity contribution in [2.45, 2.75) is 13.3 Å². The highest BCUT2D eigenvalue weighted by Gasteiger charge is 2.01. The van der Waals surface area contributed by atoms with Crippen LogP contribution in [0.15, 0.2) is 0 Å². The summed E-state index contributed by atoms with van der Waals surface area (Å²) in [6, 6.07) is 0. The Balaban J connectivity index is 3.15. The lowest BCUT2D eigenvalue weighted by Crippen LogP contribution is -2.24. The van der Waals surface area contributed by atoms with Gasteiger partial charge >= 0.3 is 11.9 Å². The number of carbonyl (C=O) groups excluding carboxylic acids is 2. The van der Waals surface area contributed by atoms with Gasteiger partial charge < -0.3 is 19.5 Å². The third kappa shape index (κ3) is 9.42. The summed E-state index contributed by atoms with van der Waals surface area (Å²) < 4.78 is 14.2. The summed E-state index contributed by atoms with van der Waals surface area (Å²) in [5.41, 5.74) is 0. The van der Waals surface area contributed by atoms with E-state index in [1.165, 1.54) is 7.11 Å². The van der Waals surface area contributed by atoms with Crippen LogP contribution in [0.2, 0.25) is 0 Å². The lowest BCUT2D eigenvalue weighted by Gasteiger charge is -2.05. The molecule has 94 valence electrons. The topological polar surface area (TPSA) is 73.9 Å². The Bertz CT molecular complexity index is 207. The van der Waals surface area contributed by atoms with Crippen molar-refractivity contribution in [2.75, 3.05) is 40.0 Å². The Kier molecular flexibility index (Phi) is 9.64. The molecule has 0 rings (SSSR count). The van der Waals surface area contributed by atoms with Crippen LogP contribution < -0.4 is 5.32 Å². The molecule has 0 aliphatic rings. The van der Waals surface area contributed by atoms with Crippen molar-refractivity contribution in [3.05, 3.63) is 0 Å². The molecule has 0 fully saturated rings. The molecule has 1 N–H and O–H groups in total. The van der Waals surface area contributed by atoms with E-state index >= 15 is 0 Å². The second-order valence-corrected chi connectivity index (χ2v) is 2.93. The van der Waals surface area contributed by atoms with Gasteiger partial charge in [-0.2, -0.15) is 0 Å². The number of nitrogens with one attached hydrogen (secondary N) is 1. The predicted molar refractivity (Wildman–Crippen MR) is 57.0 cm³/mol. The lowest BCUT2D eigenvalue weighted by molar-refractivity contribution is -0.148. The van der Waals surface area contributed by atoms with E-state index in [2.05, 4.69) is 14.8 Å². The summed E-state index contributed by atoms with van der Waals surface area (Å²) in [6.07, 6.45) is 0.328. The van der Waals surface area contributed by atoms with Crippen molar-refractivity contribution >= 4 is 11.9 Å². The number of hydrogen-bond donors (Lipinski definition) is 1. The molecule has 0 atom stereocenters. The van der Waals surface area contributed by atoms with E-state index in [0.717, 1.165) is 0 Å². The smallest absolute Gasteiger partial charge is 0.332 e. The molecule has 0 aromatic carbocycles. The number of hydrogen-bond acceptors (Lipinski definition) is 6. The van der Waals surface area contributed by atoms with E-state index < -0.39 is 0 Å². The Morgan fingerprint density at radius 1 is 1.19 bits per heavy atom. The number of methoxy groups -OCH3 is 1. The van der Waals surface area contributed by atoms with Crippen LogP contribution in [0.5, 0.6) is 0 Å². The summed E-state index contributed by atoms with van der Waals surface area (Å²) in [5, 5.41) is 2.98. The summed E-state index contributed by atoms with van der Waals surface area (Å²) >= 11 is 0. The molecule has 0 aromatic rings. The van der Waals surface area contributed by atoms with Crippen LogP contribution in [-0.2, 0) is 23.8 Å². The first-order valence-corrected chi connectivity index (χ1v) is 5.21. The first kappa shape index (κ1) is 14.9. The van der Waals surface area contributed by atoms with Crippen LogP contribution in [0.4, 0.5) is 0 Å². The predicted octanol–water partition coefficient (Wildman–Crippen LogP) is -0.281. The van der Waals surface area contributed by atoms with E-state index in [-0.39, 0.29) is 18.5 Å². The van der Waals surface area contributed by atoms with E-state index in [1.807, 2.05) is 0 Å². The summed E-state index contributed by atoms with van der Waals surface area (Å²) in [5.74, 6) is -0.614. The van der Waals surface area contributed by atoms with Crippen LogP contribution in [0.1, 0.15) is 13.3 Å². The van der Waals surface area contributed by atoms with Gasteiger partial charge in [0.05, 0.1) is 26.7 Å². The fraction of sp³-hybridized carbons (Fsp3) is 0.800. The number of rotatable bonds is 9. The lowest BCUT2D eigenvalue weighted by atomic mass is 10.4. The molecule has 0 bridgehead atoms. The molecule has 0 unspecified atom stereocenters. The van der Waals surface area contributed by atoms with Crippen LogP contribution in [-0.4, -0.2) is 52.0 Å². The summed E-state index contributed by atoms with van der Waals surface area (Å²) in [4.78, 5) is 21.5. The van der Waals surface area contributed by atoms with E-state index in [9.17, 15) is 9.59 Å². The molecule has 0 aliphatic carbocycles. The second kappa shape index (κ2) is 10.4. The van der Waals surface area contributed by atoms with Gasteiger partial charge in [0.1, 0.15) is 6.61 Å². The van der Waals surface area contributed by atoms with Crippen molar-refractivity contribution < 1.29 is 23.8 Å². The molecule has 16 heavy (non-hydrogen) atoms. The molecular formula is C10H19NO5. The van der Waals surface area contributed by atoms with Gasteiger partial charge in [-0.05, 0) is 6.92 Å². The van der Waals surface area contributed by atoms with Crippen molar-refractivity contribution in [2.24, 2.45) is 0 Å². The molecule has 6 heteroatoms. The monoisotopic (exact) mass is 233 g/mol. The van der Waals surface area contributed by atoms with Crippen LogP contribution >= 0.6 is 0 Å². The van der Waals surface area contributed by atoms with Gasteiger partial charge in [-0.1, -0.05) is 0 Å². The maximum atomic E-state index is 10.8. The van der Waals surface area contributed by atoms with E-state index in [4.69, 9.17) is 4.74 Å². The minimum atomic E-state index is -0.364. The standard InChI is InChI=1S/C10H19NO5/c1-3-16-10(13)8-15-7-6-11-5-4-9(12)14-2/h11H,3-8H2,1-2H3. The largest absolute Gasteiger partial charge is 0.469 e. The Morgan fingerprint density at radius 3 is 2.56 bits per heavy atom. The van der Waals surface area contributed by atoms with E-state index in [1.54, 1.807) is 6.92 Å². The number of ether oxygens (including phenoxy) is 3. The maximum Gasteiger partial charge on any atom is 0.332 e. The fourth-order valence-corrected chi connectivity index (χ4v) is 0.920. The molecule has 0 radical (unpaired) electrons. The molecular weight excluding hydrogens is 214 g/mol. The van der Waals surface area contributed by atoms with Crippen molar-refractivity contribution in [3.8, 4) is 0 Å². The molecule has 0 saturated heterocycles. The zero-order valence-electron chi connectivity index (χ0n) is 9.78. The average Bonchev–Trinajstić information content (AvgIpc) is 2.27.